The first-order chi connectivity index (χ1) is 10.1. The van der Waals surface area contributed by atoms with Crippen molar-refractivity contribution >= 4 is 41.3 Å². The van der Waals surface area contributed by atoms with Crippen LogP contribution in [0.25, 0.3) is 0 Å². The zero-order valence-corrected chi connectivity index (χ0v) is 17.3. The van der Waals surface area contributed by atoms with Gasteiger partial charge in [-0.05, 0) is 43.2 Å². The summed E-state index contributed by atoms with van der Waals surface area (Å²) in [6.07, 6.45) is 0.995. The molecule has 0 aliphatic heterocycles. The van der Waals surface area contributed by atoms with E-state index in [-0.39, 0.29) is 24.0 Å². The highest BCUT2D eigenvalue weighted by Gasteiger charge is 2.01. The molecule has 1 rings (SSSR count). The van der Waals surface area contributed by atoms with E-state index in [1.807, 2.05) is 0 Å². The van der Waals surface area contributed by atoms with E-state index in [4.69, 9.17) is 4.74 Å². The Kier molecular flexibility index (Phi) is 12.9. The van der Waals surface area contributed by atoms with Crippen LogP contribution in [0.5, 0.6) is 0 Å². The number of aliphatic imine (C=N–C) groups is 1. The average Bonchev–Trinajstić information content (AvgIpc) is 2.85. The predicted octanol–water partition coefficient (Wildman–Crippen LogP) is 3.79. The summed E-state index contributed by atoms with van der Waals surface area (Å²) in [5.41, 5.74) is 1.32. The van der Waals surface area contributed by atoms with Crippen molar-refractivity contribution in [3.8, 4) is 0 Å². The lowest BCUT2D eigenvalue weighted by atomic mass is 10.2. The van der Waals surface area contributed by atoms with Gasteiger partial charge in [-0.15, -0.1) is 35.3 Å². The van der Waals surface area contributed by atoms with Gasteiger partial charge in [0, 0.05) is 31.2 Å². The molecule has 0 saturated heterocycles. The number of guanidine groups is 1. The van der Waals surface area contributed by atoms with Crippen LogP contribution in [0, 0.1) is 12.8 Å². The Balaban J connectivity index is 0.00000441. The highest BCUT2D eigenvalue weighted by atomic mass is 127. The van der Waals surface area contributed by atoms with Gasteiger partial charge in [-0.1, -0.05) is 13.8 Å². The fourth-order valence-electron chi connectivity index (χ4n) is 1.76. The lowest BCUT2D eigenvalue weighted by Crippen LogP contribution is -2.38. The maximum absolute atomic E-state index is 5.57. The maximum Gasteiger partial charge on any atom is 0.191 e. The number of aryl methyl sites for hydroxylation is 1. The van der Waals surface area contributed by atoms with Crippen LogP contribution in [0.1, 0.15) is 37.6 Å². The lowest BCUT2D eigenvalue weighted by Gasteiger charge is -2.11. The number of hydrogen-bond acceptors (Lipinski definition) is 3. The molecule has 4 nitrogen and oxygen atoms in total. The Morgan fingerprint density at radius 1 is 1.36 bits per heavy atom. The van der Waals surface area contributed by atoms with Gasteiger partial charge in [-0.25, -0.2) is 4.99 Å². The summed E-state index contributed by atoms with van der Waals surface area (Å²) in [6, 6.07) is 2.14. The molecule has 0 fully saturated rings. The van der Waals surface area contributed by atoms with E-state index in [9.17, 15) is 0 Å². The van der Waals surface area contributed by atoms with Crippen LogP contribution in [0.3, 0.4) is 0 Å². The summed E-state index contributed by atoms with van der Waals surface area (Å²) in [5.74, 6) is 1.49. The number of hydrogen-bond donors (Lipinski definition) is 2. The number of nitrogens with zero attached hydrogens (tertiary/aromatic N) is 1. The first-order valence-electron chi connectivity index (χ1n) is 7.76. The van der Waals surface area contributed by atoms with Crippen LogP contribution in [-0.2, 0) is 11.3 Å². The van der Waals surface area contributed by atoms with Gasteiger partial charge in [0.1, 0.15) is 0 Å². The van der Waals surface area contributed by atoms with E-state index in [0.717, 1.165) is 45.2 Å². The van der Waals surface area contributed by atoms with Crippen molar-refractivity contribution in [3.05, 3.63) is 21.9 Å². The van der Waals surface area contributed by atoms with Crippen molar-refractivity contribution in [1.29, 1.82) is 0 Å². The molecule has 0 saturated carbocycles. The number of ether oxygens (including phenoxy) is 1. The normalized spacial score (nSPS) is 11.4. The van der Waals surface area contributed by atoms with Crippen molar-refractivity contribution in [2.24, 2.45) is 10.9 Å². The van der Waals surface area contributed by atoms with E-state index >= 15 is 0 Å². The Morgan fingerprint density at radius 2 is 2.14 bits per heavy atom. The molecular weight excluding hydrogens is 409 g/mol. The molecule has 22 heavy (non-hydrogen) atoms. The van der Waals surface area contributed by atoms with E-state index in [0.29, 0.717) is 5.92 Å². The van der Waals surface area contributed by atoms with Crippen molar-refractivity contribution in [1.82, 2.24) is 10.6 Å². The molecule has 6 heteroatoms. The van der Waals surface area contributed by atoms with Gasteiger partial charge in [-0.3, -0.25) is 0 Å². The SMILES string of the molecule is CCNC(=NCc1sccc1C)NCCCOCC(C)C.I. The Hall–Kier alpha value is -0.340. The first kappa shape index (κ1) is 21.7. The van der Waals surface area contributed by atoms with E-state index in [1.165, 1.54) is 10.4 Å². The molecule has 0 spiro atoms. The van der Waals surface area contributed by atoms with Crippen LogP contribution in [-0.4, -0.2) is 32.3 Å². The summed E-state index contributed by atoms with van der Waals surface area (Å²) in [6.45, 7) is 12.7. The van der Waals surface area contributed by atoms with Gasteiger partial charge in [0.05, 0.1) is 6.54 Å². The van der Waals surface area contributed by atoms with Gasteiger partial charge in [0.25, 0.3) is 0 Å². The van der Waals surface area contributed by atoms with Gasteiger partial charge in [-0.2, -0.15) is 0 Å². The average molecular weight is 439 g/mol. The van der Waals surface area contributed by atoms with Crippen molar-refractivity contribution in [2.75, 3.05) is 26.3 Å². The third-order valence-corrected chi connectivity index (χ3v) is 3.91. The molecule has 0 aliphatic rings. The zero-order chi connectivity index (χ0) is 15.5. The van der Waals surface area contributed by atoms with Crippen molar-refractivity contribution < 1.29 is 4.74 Å². The minimum absolute atomic E-state index is 0. The number of nitrogens with one attached hydrogen (secondary N) is 2. The van der Waals surface area contributed by atoms with Crippen molar-refractivity contribution in [2.45, 2.75) is 40.7 Å². The minimum atomic E-state index is 0. The first-order valence-corrected chi connectivity index (χ1v) is 8.64. The maximum atomic E-state index is 5.57. The standard InChI is InChI=1S/C16H29N3OS.HI/c1-5-17-16(18-8-6-9-20-12-13(2)3)19-11-15-14(4)7-10-21-15;/h7,10,13H,5-6,8-9,11-12H2,1-4H3,(H2,17,18,19);1H. The van der Waals surface area contributed by atoms with Gasteiger partial charge in [0.2, 0.25) is 0 Å². The third-order valence-electron chi connectivity index (χ3n) is 2.90. The molecule has 1 heterocycles. The van der Waals surface area contributed by atoms with Crippen molar-refractivity contribution in [3.63, 3.8) is 0 Å². The molecule has 0 amide bonds. The summed E-state index contributed by atoms with van der Waals surface area (Å²) in [4.78, 5) is 5.95. The van der Waals surface area contributed by atoms with E-state index < -0.39 is 0 Å². The molecular formula is C16H30IN3OS. The molecule has 0 bridgehead atoms. The second-order valence-corrected chi connectivity index (χ2v) is 6.47. The smallest absolute Gasteiger partial charge is 0.191 e. The molecule has 0 radical (unpaired) electrons. The van der Waals surface area contributed by atoms with E-state index in [1.54, 1.807) is 11.3 Å². The van der Waals surface area contributed by atoms with Crippen LogP contribution in [0.4, 0.5) is 0 Å². The highest BCUT2D eigenvalue weighted by Crippen LogP contribution is 2.16. The zero-order valence-electron chi connectivity index (χ0n) is 14.1. The van der Waals surface area contributed by atoms with E-state index in [2.05, 4.69) is 54.8 Å². The Bertz CT molecular complexity index is 421. The van der Waals surface area contributed by atoms with Gasteiger partial charge in [0.15, 0.2) is 5.96 Å². The summed E-state index contributed by atoms with van der Waals surface area (Å²) in [7, 11) is 0. The second kappa shape index (κ2) is 13.1. The quantitative estimate of drug-likeness (QED) is 0.266. The molecule has 0 atom stereocenters. The predicted molar refractivity (Wildman–Crippen MR) is 108 cm³/mol. The van der Waals surface area contributed by atoms with Gasteiger partial charge < -0.3 is 15.4 Å². The monoisotopic (exact) mass is 439 g/mol. The molecule has 0 aliphatic carbocycles. The van der Waals surface area contributed by atoms with Crippen LogP contribution in [0.15, 0.2) is 16.4 Å². The summed E-state index contributed by atoms with van der Waals surface area (Å²) in [5, 5.41) is 8.75. The molecule has 0 unspecified atom stereocenters. The fourth-order valence-corrected chi connectivity index (χ4v) is 2.59. The number of thiophene rings is 1. The second-order valence-electron chi connectivity index (χ2n) is 5.47. The molecule has 128 valence electrons. The van der Waals surface area contributed by atoms with Gasteiger partial charge >= 0.3 is 0 Å². The van der Waals surface area contributed by atoms with Crippen LogP contribution in [0.2, 0.25) is 0 Å². The summed E-state index contributed by atoms with van der Waals surface area (Å²) < 4.78 is 5.57. The van der Waals surface area contributed by atoms with Crippen LogP contribution >= 0.6 is 35.3 Å². The lowest BCUT2D eigenvalue weighted by molar-refractivity contribution is 0.108. The summed E-state index contributed by atoms with van der Waals surface area (Å²) >= 11 is 1.76. The Morgan fingerprint density at radius 3 is 2.73 bits per heavy atom. The number of halogens is 1. The largest absolute Gasteiger partial charge is 0.381 e. The van der Waals surface area contributed by atoms with Crippen LogP contribution < -0.4 is 10.6 Å². The molecule has 1 aromatic heterocycles. The molecule has 1 aromatic rings. The Labute approximate surface area is 156 Å². The molecule has 0 aromatic carbocycles. The highest BCUT2D eigenvalue weighted by molar-refractivity contribution is 14.0. The minimum Gasteiger partial charge on any atom is -0.381 e. The topological polar surface area (TPSA) is 45.7 Å². The fraction of sp³-hybridized carbons (Fsp3) is 0.688. The third kappa shape index (κ3) is 9.63. The molecule has 2 N–H and O–H groups in total. The number of rotatable bonds is 9.